The maximum atomic E-state index is 11.4. The monoisotopic (exact) mass is 266 g/mol. The molecule has 0 radical (unpaired) electrons. The maximum absolute atomic E-state index is 11.4. The molecule has 90 valence electrons. The summed E-state index contributed by atoms with van der Waals surface area (Å²) in [7, 11) is -6.26. The molecule has 0 bridgehead atoms. The first kappa shape index (κ1) is 13.1. The number of rotatable bonds is 4. The van der Waals surface area contributed by atoms with Crippen molar-refractivity contribution in [3.63, 3.8) is 0 Å². The lowest BCUT2D eigenvalue weighted by Gasteiger charge is -2.07. The third-order valence-corrected chi connectivity index (χ3v) is 4.62. The van der Waals surface area contributed by atoms with Crippen LogP contribution in [0.1, 0.15) is 0 Å². The molecule has 1 aromatic rings. The largest absolute Gasteiger partial charge is 0.298 e. The Morgan fingerprint density at radius 2 is 1.12 bits per heavy atom. The van der Waals surface area contributed by atoms with Crippen LogP contribution in [0, 0.1) is 0 Å². The second kappa shape index (κ2) is 4.50. The maximum Gasteiger partial charge on any atom is 0.298 e. The van der Waals surface area contributed by atoms with Gasteiger partial charge < -0.3 is 0 Å². The average molecular weight is 266 g/mol. The predicted octanol–water partition coefficient (Wildman–Crippen LogP) is 0.357. The standard InChI is InChI=1S/C8H10O6S2/c1-13-15(9,10)7-5-3-4-6-8(7)16(11,12)14-2/h3-6H,1-2H3. The Bertz CT molecular complexity index is 519. The van der Waals surface area contributed by atoms with Crippen LogP contribution in [0.3, 0.4) is 0 Å². The highest BCUT2D eigenvalue weighted by Gasteiger charge is 2.25. The first-order chi connectivity index (χ1) is 7.35. The van der Waals surface area contributed by atoms with E-state index < -0.39 is 30.0 Å². The lowest BCUT2D eigenvalue weighted by Crippen LogP contribution is -2.11. The quantitative estimate of drug-likeness (QED) is 0.731. The van der Waals surface area contributed by atoms with Gasteiger partial charge in [0.05, 0.1) is 14.2 Å². The first-order valence-corrected chi connectivity index (χ1v) is 6.87. The molecule has 0 N–H and O–H groups in total. The molecule has 0 aliphatic carbocycles. The van der Waals surface area contributed by atoms with E-state index in [1.165, 1.54) is 12.1 Å². The lowest BCUT2D eigenvalue weighted by molar-refractivity contribution is 0.386. The predicted molar refractivity (Wildman–Crippen MR) is 54.8 cm³/mol. The van der Waals surface area contributed by atoms with Gasteiger partial charge in [-0.25, -0.2) is 0 Å². The molecule has 0 unspecified atom stereocenters. The molecule has 0 amide bonds. The third-order valence-electron chi connectivity index (χ3n) is 1.83. The van der Waals surface area contributed by atoms with E-state index >= 15 is 0 Å². The lowest BCUT2D eigenvalue weighted by atomic mass is 10.4. The summed E-state index contributed by atoms with van der Waals surface area (Å²) in [4.78, 5) is -0.890. The zero-order valence-electron chi connectivity index (χ0n) is 8.58. The van der Waals surface area contributed by atoms with Crippen molar-refractivity contribution in [1.82, 2.24) is 0 Å². The molecule has 0 saturated carbocycles. The van der Waals surface area contributed by atoms with Crippen molar-refractivity contribution in [2.45, 2.75) is 9.79 Å². The molecule has 0 atom stereocenters. The van der Waals surface area contributed by atoms with Gasteiger partial charge in [0.2, 0.25) is 0 Å². The van der Waals surface area contributed by atoms with Gasteiger partial charge in [-0.15, -0.1) is 0 Å². The smallest absolute Gasteiger partial charge is 0.270 e. The SMILES string of the molecule is COS(=O)(=O)c1ccccc1S(=O)(=O)OC. The topological polar surface area (TPSA) is 86.7 Å². The number of hydrogen-bond acceptors (Lipinski definition) is 6. The molecule has 0 saturated heterocycles. The van der Waals surface area contributed by atoms with Gasteiger partial charge in [0.15, 0.2) is 0 Å². The van der Waals surface area contributed by atoms with Crippen molar-refractivity contribution in [2.75, 3.05) is 14.2 Å². The number of benzene rings is 1. The summed E-state index contributed by atoms with van der Waals surface area (Å²) < 4.78 is 54.3. The Balaban J connectivity index is 3.57. The van der Waals surface area contributed by atoms with E-state index in [0.717, 1.165) is 26.4 Å². The molecule has 8 heteroatoms. The van der Waals surface area contributed by atoms with E-state index in [0.29, 0.717) is 0 Å². The molecular formula is C8H10O6S2. The van der Waals surface area contributed by atoms with Crippen LogP contribution in [-0.2, 0) is 28.6 Å². The van der Waals surface area contributed by atoms with Crippen molar-refractivity contribution >= 4 is 20.2 Å². The van der Waals surface area contributed by atoms with Gasteiger partial charge in [0.1, 0.15) is 9.79 Å². The molecule has 1 aromatic carbocycles. The fraction of sp³-hybridized carbons (Fsp3) is 0.250. The second-order valence-electron chi connectivity index (χ2n) is 2.69. The molecule has 0 heterocycles. The molecule has 0 spiro atoms. The summed E-state index contributed by atoms with van der Waals surface area (Å²) in [5.41, 5.74) is 0. The zero-order valence-corrected chi connectivity index (χ0v) is 10.2. The molecular weight excluding hydrogens is 256 g/mol. The molecule has 0 fully saturated rings. The van der Waals surface area contributed by atoms with Gasteiger partial charge in [-0.05, 0) is 12.1 Å². The summed E-state index contributed by atoms with van der Waals surface area (Å²) in [6.07, 6.45) is 0. The van der Waals surface area contributed by atoms with E-state index in [9.17, 15) is 16.8 Å². The van der Waals surface area contributed by atoms with Crippen molar-refractivity contribution < 1.29 is 25.2 Å². The van der Waals surface area contributed by atoms with Crippen LogP contribution in [0.15, 0.2) is 34.1 Å². The Hall–Kier alpha value is -0.960. The fourth-order valence-corrected chi connectivity index (χ4v) is 3.13. The highest BCUT2D eigenvalue weighted by molar-refractivity contribution is 7.90. The van der Waals surface area contributed by atoms with Crippen molar-refractivity contribution in [2.24, 2.45) is 0 Å². The minimum atomic E-state index is -4.08. The van der Waals surface area contributed by atoms with Gasteiger partial charge in [0.25, 0.3) is 20.2 Å². The zero-order chi connectivity index (χ0) is 12.4. The van der Waals surface area contributed by atoms with Gasteiger partial charge in [-0.3, -0.25) is 8.37 Å². The fourth-order valence-electron chi connectivity index (χ4n) is 1.04. The first-order valence-electron chi connectivity index (χ1n) is 4.05. The molecule has 0 aliphatic heterocycles. The minimum Gasteiger partial charge on any atom is -0.270 e. The van der Waals surface area contributed by atoms with Crippen LogP contribution in [0.25, 0.3) is 0 Å². The van der Waals surface area contributed by atoms with E-state index in [2.05, 4.69) is 8.37 Å². The highest BCUT2D eigenvalue weighted by Crippen LogP contribution is 2.23. The van der Waals surface area contributed by atoms with E-state index in [4.69, 9.17) is 0 Å². The van der Waals surface area contributed by atoms with Crippen LogP contribution in [0.2, 0.25) is 0 Å². The average Bonchev–Trinajstić information content (AvgIpc) is 2.29. The molecule has 0 aromatic heterocycles. The summed E-state index contributed by atoms with van der Waals surface area (Å²) >= 11 is 0. The van der Waals surface area contributed by atoms with Crippen LogP contribution < -0.4 is 0 Å². The van der Waals surface area contributed by atoms with Crippen LogP contribution in [-0.4, -0.2) is 31.1 Å². The highest BCUT2D eigenvalue weighted by atomic mass is 32.2. The third kappa shape index (κ3) is 2.40. The van der Waals surface area contributed by atoms with Crippen LogP contribution >= 0.6 is 0 Å². The van der Waals surface area contributed by atoms with Crippen LogP contribution in [0.4, 0.5) is 0 Å². The number of hydrogen-bond donors (Lipinski definition) is 0. The van der Waals surface area contributed by atoms with Crippen molar-refractivity contribution in [1.29, 1.82) is 0 Å². The van der Waals surface area contributed by atoms with Gasteiger partial charge in [-0.1, -0.05) is 12.1 Å². The van der Waals surface area contributed by atoms with Crippen molar-refractivity contribution in [3.05, 3.63) is 24.3 Å². The Morgan fingerprint density at radius 3 is 1.38 bits per heavy atom. The minimum absolute atomic E-state index is 0.445. The van der Waals surface area contributed by atoms with Gasteiger partial charge in [0, 0.05) is 0 Å². The van der Waals surface area contributed by atoms with E-state index in [1.807, 2.05) is 0 Å². The van der Waals surface area contributed by atoms with Crippen molar-refractivity contribution in [3.8, 4) is 0 Å². The summed E-state index contributed by atoms with van der Waals surface area (Å²) in [5.74, 6) is 0. The molecule has 1 rings (SSSR count). The Kier molecular flexibility index (Phi) is 3.68. The van der Waals surface area contributed by atoms with Gasteiger partial charge in [-0.2, -0.15) is 16.8 Å². The summed E-state index contributed by atoms with van der Waals surface area (Å²) in [6, 6.07) is 5.04. The molecule has 0 aliphatic rings. The van der Waals surface area contributed by atoms with Gasteiger partial charge >= 0.3 is 0 Å². The van der Waals surface area contributed by atoms with E-state index in [1.54, 1.807) is 0 Å². The second-order valence-corrected chi connectivity index (χ2v) is 6.05. The normalized spacial score (nSPS) is 12.6. The Labute approximate surface area is 94.1 Å². The molecule has 6 nitrogen and oxygen atoms in total. The van der Waals surface area contributed by atoms with E-state index in [-0.39, 0.29) is 0 Å². The summed E-state index contributed by atoms with van der Waals surface area (Å²) in [6.45, 7) is 0. The van der Waals surface area contributed by atoms with Crippen LogP contribution in [0.5, 0.6) is 0 Å². The summed E-state index contributed by atoms with van der Waals surface area (Å²) in [5, 5.41) is 0. The Morgan fingerprint density at radius 1 is 0.812 bits per heavy atom. The molecule has 16 heavy (non-hydrogen) atoms.